The van der Waals surface area contributed by atoms with Gasteiger partial charge in [0.15, 0.2) is 0 Å². The average Bonchev–Trinajstić information content (AvgIpc) is 3.06. The van der Waals surface area contributed by atoms with Crippen LogP contribution in [0, 0.1) is 6.92 Å². The van der Waals surface area contributed by atoms with Gasteiger partial charge in [-0.25, -0.2) is 15.0 Å². The number of ether oxygens (including phenoxy) is 1. The number of nitrogens with zero attached hydrogens (tertiary/aromatic N) is 3. The Balaban J connectivity index is 1.64. The topological polar surface area (TPSA) is 59.9 Å². The summed E-state index contributed by atoms with van der Waals surface area (Å²) in [4.78, 5) is 14.7. The Kier molecular flexibility index (Phi) is 4.17. The maximum Gasteiger partial charge on any atom is 0.316 e. The second-order valence-electron chi connectivity index (χ2n) is 5.35. The Morgan fingerprint density at radius 3 is 2.95 bits per heavy atom. The Morgan fingerprint density at radius 2 is 2.24 bits per heavy atom. The molecule has 3 rings (SSSR count). The summed E-state index contributed by atoms with van der Waals surface area (Å²) < 4.78 is 5.03. The summed E-state index contributed by atoms with van der Waals surface area (Å²) in [5.41, 5.74) is 3.35. The molecule has 1 N–H and O–H groups in total. The third-order valence-electron chi connectivity index (χ3n) is 3.82. The smallest absolute Gasteiger partial charge is 0.316 e. The van der Waals surface area contributed by atoms with E-state index in [9.17, 15) is 0 Å². The third kappa shape index (κ3) is 3.06. The van der Waals surface area contributed by atoms with Gasteiger partial charge in [-0.2, -0.15) is 0 Å². The van der Waals surface area contributed by atoms with E-state index in [1.54, 1.807) is 7.11 Å². The minimum absolute atomic E-state index is 0.252. The van der Waals surface area contributed by atoms with Gasteiger partial charge in [-0.3, -0.25) is 0 Å². The van der Waals surface area contributed by atoms with Crippen molar-refractivity contribution in [2.24, 2.45) is 0 Å². The van der Waals surface area contributed by atoms with Gasteiger partial charge >= 0.3 is 6.01 Å². The fourth-order valence-electron chi connectivity index (χ4n) is 2.49. The van der Waals surface area contributed by atoms with Crippen LogP contribution in [-0.4, -0.2) is 22.1 Å². The van der Waals surface area contributed by atoms with Crippen molar-refractivity contribution in [3.8, 4) is 6.01 Å². The van der Waals surface area contributed by atoms with Gasteiger partial charge in [-0.05, 0) is 33.1 Å². The van der Waals surface area contributed by atoms with E-state index in [4.69, 9.17) is 9.72 Å². The molecular weight excluding hydrogens is 284 g/mol. The molecule has 0 spiro atoms. The van der Waals surface area contributed by atoms with Crippen molar-refractivity contribution < 1.29 is 4.74 Å². The molecule has 1 aliphatic carbocycles. The quantitative estimate of drug-likeness (QED) is 0.920. The van der Waals surface area contributed by atoms with Crippen LogP contribution in [0.2, 0.25) is 0 Å². The SMILES string of the molecule is COc1ncc(CNC(C)c2nc3c(s2)CCC3)c(C)n1. The summed E-state index contributed by atoms with van der Waals surface area (Å²) in [7, 11) is 1.58. The van der Waals surface area contributed by atoms with Crippen LogP contribution >= 0.6 is 11.3 Å². The number of methoxy groups -OCH3 is 1. The highest BCUT2D eigenvalue weighted by molar-refractivity contribution is 7.11. The molecular formula is C15H20N4OS. The molecule has 1 unspecified atom stereocenters. The number of fused-ring (bicyclic) bond motifs is 1. The molecule has 0 radical (unpaired) electrons. The maximum atomic E-state index is 5.03. The van der Waals surface area contributed by atoms with Gasteiger partial charge in [0.25, 0.3) is 0 Å². The third-order valence-corrected chi connectivity index (χ3v) is 5.16. The highest BCUT2D eigenvalue weighted by Gasteiger charge is 2.19. The number of nitrogens with one attached hydrogen (secondary N) is 1. The van der Waals surface area contributed by atoms with E-state index >= 15 is 0 Å². The first-order valence-corrected chi connectivity index (χ1v) is 8.07. The van der Waals surface area contributed by atoms with Crippen LogP contribution in [0.3, 0.4) is 0 Å². The van der Waals surface area contributed by atoms with Gasteiger partial charge in [0, 0.05) is 28.9 Å². The van der Waals surface area contributed by atoms with Gasteiger partial charge < -0.3 is 10.1 Å². The van der Waals surface area contributed by atoms with Crippen molar-refractivity contribution in [2.75, 3.05) is 7.11 Å². The lowest BCUT2D eigenvalue weighted by Crippen LogP contribution is -2.19. The summed E-state index contributed by atoms with van der Waals surface area (Å²) in [6.07, 6.45) is 5.43. The molecule has 0 aliphatic heterocycles. The molecule has 2 heterocycles. The molecule has 0 fully saturated rings. The number of aryl methyl sites for hydroxylation is 3. The maximum absolute atomic E-state index is 5.03. The second-order valence-corrected chi connectivity index (χ2v) is 6.46. The molecule has 21 heavy (non-hydrogen) atoms. The summed E-state index contributed by atoms with van der Waals surface area (Å²) in [6.45, 7) is 4.87. The average molecular weight is 304 g/mol. The zero-order valence-electron chi connectivity index (χ0n) is 12.6. The van der Waals surface area contributed by atoms with Crippen LogP contribution in [0.5, 0.6) is 6.01 Å². The Bertz CT molecular complexity index is 619. The first kappa shape index (κ1) is 14.4. The second kappa shape index (κ2) is 6.07. The van der Waals surface area contributed by atoms with E-state index in [1.165, 1.54) is 28.4 Å². The molecule has 2 aromatic rings. The van der Waals surface area contributed by atoms with Crippen LogP contribution in [0.1, 0.15) is 46.2 Å². The molecule has 6 heteroatoms. The minimum atomic E-state index is 0.252. The summed E-state index contributed by atoms with van der Waals surface area (Å²) in [5.74, 6) is 0. The normalized spacial score (nSPS) is 15.0. The Hall–Kier alpha value is -1.53. The van der Waals surface area contributed by atoms with Crippen LogP contribution in [0.25, 0.3) is 0 Å². The Morgan fingerprint density at radius 1 is 1.38 bits per heavy atom. The zero-order valence-corrected chi connectivity index (χ0v) is 13.5. The van der Waals surface area contributed by atoms with Gasteiger partial charge in [-0.15, -0.1) is 11.3 Å². The molecule has 5 nitrogen and oxygen atoms in total. The van der Waals surface area contributed by atoms with Gasteiger partial charge in [-0.1, -0.05) is 0 Å². The van der Waals surface area contributed by atoms with E-state index < -0.39 is 0 Å². The van der Waals surface area contributed by atoms with Gasteiger partial charge in [0.2, 0.25) is 0 Å². The predicted octanol–water partition coefficient (Wildman–Crippen LogP) is 2.59. The van der Waals surface area contributed by atoms with E-state index in [0.717, 1.165) is 24.2 Å². The van der Waals surface area contributed by atoms with E-state index in [2.05, 4.69) is 22.2 Å². The largest absolute Gasteiger partial charge is 0.467 e. The number of aromatic nitrogens is 3. The van der Waals surface area contributed by atoms with Crippen LogP contribution in [0.4, 0.5) is 0 Å². The highest BCUT2D eigenvalue weighted by atomic mass is 32.1. The number of rotatable bonds is 5. The van der Waals surface area contributed by atoms with Crippen molar-refractivity contribution in [1.29, 1.82) is 0 Å². The summed E-state index contributed by atoms with van der Waals surface area (Å²) >= 11 is 1.85. The van der Waals surface area contributed by atoms with E-state index in [1.807, 2.05) is 24.5 Å². The first-order valence-electron chi connectivity index (χ1n) is 7.25. The van der Waals surface area contributed by atoms with E-state index in [-0.39, 0.29) is 6.04 Å². The monoisotopic (exact) mass is 304 g/mol. The lowest BCUT2D eigenvalue weighted by Gasteiger charge is -2.12. The molecule has 2 aromatic heterocycles. The van der Waals surface area contributed by atoms with Crippen molar-refractivity contribution in [1.82, 2.24) is 20.3 Å². The fourth-order valence-corrected chi connectivity index (χ4v) is 3.67. The van der Waals surface area contributed by atoms with Crippen molar-refractivity contribution in [2.45, 2.75) is 45.7 Å². The van der Waals surface area contributed by atoms with Crippen LogP contribution in [-0.2, 0) is 19.4 Å². The number of hydrogen-bond acceptors (Lipinski definition) is 6. The molecule has 1 atom stereocenters. The molecule has 0 saturated carbocycles. The van der Waals surface area contributed by atoms with Crippen molar-refractivity contribution in [3.05, 3.63) is 33.0 Å². The summed E-state index contributed by atoms with van der Waals surface area (Å²) in [5, 5.41) is 4.70. The highest BCUT2D eigenvalue weighted by Crippen LogP contribution is 2.30. The van der Waals surface area contributed by atoms with Gasteiger partial charge in [0.1, 0.15) is 5.01 Å². The molecule has 0 saturated heterocycles. The van der Waals surface area contributed by atoms with Crippen molar-refractivity contribution >= 4 is 11.3 Å². The lowest BCUT2D eigenvalue weighted by molar-refractivity contribution is 0.377. The molecule has 0 aromatic carbocycles. The molecule has 1 aliphatic rings. The molecule has 0 bridgehead atoms. The predicted molar refractivity (Wildman–Crippen MR) is 82.7 cm³/mol. The van der Waals surface area contributed by atoms with E-state index in [0.29, 0.717) is 6.01 Å². The first-order chi connectivity index (χ1) is 10.2. The minimum Gasteiger partial charge on any atom is -0.467 e. The standard InChI is InChI=1S/C15H20N4OS/c1-9-11(8-17-15(18-9)20-3)7-16-10(2)14-19-12-5-4-6-13(12)21-14/h8,10,16H,4-7H2,1-3H3. The molecule has 112 valence electrons. The number of hydrogen-bond donors (Lipinski definition) is 1. The Labute approximate surface area is 128 Å². The molecule has 0 amide bonds. The van der Waals surface area contributed by atoms with Crippen LogP contribution in [0.15, 0.2) is 6.20 Å². The van der Waals surface area contributed by atoms with Gasteiger partial charge in [0.05, 0.1) is 18.8 Å². The van der Waals surface area contributed by atoms with Crippen LogP contribution < -0.4 is 10.1 Å². The zero-order chi connectivity index (χ0) is 14.8. The van der Waals surface area contributed by atoms with Crippen molar-refractivity contribution in [3.63, 3.8) is 0 Å². The lowest BCUT2D eigenvalue weighted by atomic mass is 10.2. The number of thiazole rings is 1. The summed E-state index contributed by atoms with van der Waals surface area (Å²) in [6, 6.07) is 0.669. The fraction of sp³-hybridized carbons (Fsp3) is 0.533.